The summed E-state index contributed by atoms with van der Waals surface area (Å²) in [4.78, 5) is 35.2. The number of hydrogen-bond acceptors (Lipinski definition) is 6. The van der Waals surface area contributed by atoms with Crippen LogP contribution < -0.4 is 11.1 Å². The van der Waals surface area contributed by atoms with Crippen molar-refractivity contribution in [1.82, 2.24) is 14.9 Å². The number of anilines is 2. The molecule has 8 nitrogen and oxygen atoms in total. The van der Waals surface area contributed by atoms with Crippen molar-refractivity contribution >= 4 is 23.3 Å². The minimum absolute atomic E-state index is 0.133. The largest absolute Gasteiger partial charge is 0.417 e. The van der Waals surface area contributed by atoms with E-state index in [0.717, 1.165) is 18.7 Å². The number of ether oxygens (including phenoxy) is 1. The fourth-order valence-electron chi connectivity index (χ4n) is 4.06. The maximum Gasteiger partial charge on any atom is 0.417 e. The highest BCUT2D eigenvalue weighted by Gasteiger charge is 2.36. The van der Waals surface area contributed by atoms with Gasteiger partial charge in [0.25, 0.3) is 0 Å². The Kier molecular flexibility index (Phi) is 5.76. The molecular weight excluding hydrogens is 427 g/mol. The van der Waals surface area contributed by atoms with Crippen LogP contribution in [0.2, 0.25) is 0 Å². The average molecular weight is 449 g/mol. The first-order valence-electron chi connectivity index (χ1n) is 10.1. The molecule has 1 saturated heterocycles. The molecule has 2 aromatic rings. The minimum atomic E-state index is -4.50. The number of nitrogens with one attached hydrogen (secondary N) is 1. The van der Waals surface area contributed by atoms with Gasteiger partial charge < -0.3 is 20.7 Å². The molecule has 0 aliphatic carbocycles. The molecule has 3 N–H and O–H groups in total. The first-order chi connectivity index (χ1) is 15.1. The average Bonchev–Trinajstić information content (AvgIpc) is 3.26. The van der Waals surface area contributed by atoms with Crippen LogP contribution in [0.25, 0.3) is 0 Å². The fourth-order valence-corrected chi connectivity index (χ4v) is 4.06. The first kappa shape index (κ1) is 22.0. The van der Waals surface area contributed by atoms with Gasteiger partial charge >= 0.3 is 18.0 Å². The summed E-state index contributed by atoms with van der Waals surface area (Å²) in [5, 5.41) is 2.59. The molecule has 0 radical (unpaired) electrons. The molecule has 4 heterocycles. The van der Waals surface area contributed by atoms with Gasteiger partial charge in [-0.25, -0.2) is 4.98 Å². The molecule has 0 aromatic carbocycles. The zero-order valence-corrected chi connectivity index (χ0v) is 17.3. The van der Waals surface area contributed by atoms with E-state index in [9.17, 15) is 22.8 Å². The molecule has 2 aromatic heterocycles. The highest BCUT2D eigenvalue weighted by atomic mass is 19.4. The number of alkyl halides is 3. The Balaban J connectivity index is 1.55. The van der Waals surface area contributed by atoms with Crippen LogP contribution in [0.3, 0.4) is 0 Å². The van der Waals surface area contributed by atoms with E-state index in [1.807, 2.05) is 6.92 Å². The number of nitrogens with zero attached hydrogens (tertiary/aromatic N) is 3. The first-order valence-corrected chi connectivity index (χ1v) is 10.1. The molecule has 32 heavy (non-hydrogen) atoms. The van der Waals surface area contributed by atoms with Gasteiger partial charge in [-0.1, -0.05) is 6.92 Å². The van der Waals surface area contributed by atoms with E-state index >= 15 is 0 Å². The number of carbonyl (C=O) groups is 2. The number of amides is 2. The van der Waals surface area contributed by atoms with E-state index in [1.54, 1.807) is 0 Å². The molecule has 0 spiro atoms. The van der Waals surface area contributed by atoms with Gasteiger partial charge in [-0.15, -0.1) is 0 Å². The van der Waals surface area contributed by atoms with Crippen molar-refractivity contribution < 1.29 is 27.5 Å². The maximum absolute atomic E-state index is 13.1. The van der Waals surface area contributed by atoms with E-state index in [0.29, 0.717) is 41.3 Å². The number of nitrogen functional groups attached to an aromatic ring is 1. The van der Waals surface area contributed by atoms with Crippen molar-refractivity contribution in [3.63, 3.8) is 0 Å². The van der Waals surface area contributed by atoms with Crippen LogP contribution in [0.5, 0.6) is 0 Å². The molecule has 2 amide bonds. The summed E-state index contributed by atoms with van der Waals surface area (Å²) in [5.41, 5.74) is 6.97. The van der Waals surface area contributed by atoms with Crippen molar-refractivity contribution in [1.29, 1.82) is 0 Å². The molecule has 2 unspecified atom stereocenters. The second-order valence-corrected chi connectivity index (χ2v) is 8.09. The molecular formula is C21H22F3N5O3. The molecule has 2 aliphatic rings. The van der Waals surface area contributed by atoms with Crippen molar-refractivity contribution in [2.45, 2.75) is 45.2 Å². The van der Waals surface area contributed by atoms with Crippen molar-refractivity contribution in [2.24, 2.45) is 5.92 Å². The lowest BCUT2D eigenvalue weighted by Gasteiger charge is -2.38. The van der Waals surface area contributed by atoms with Gasteiger partial charge in [0.15, 0.2) is 0 Å². The smallest absolute Gasteiger partial charge is 0.383 e. The second kappa shape index (κ2) is 8.38. The standard InChI is InChI=1S/C21H22F3N5O3/c1-11-2-5-17(15-4-3-12(6-26-15)21(22,23)24)29(8-11)20(31)19(30)28-16-7-27-18(25)14-10-32-9-13(14)16/h3-4,6-7,11,17H,2,5,8-10H2,1H3,(H2,25,27)(H,28,30). The third-order valence-corrected chi connectivity index (χ3v) is 5.80. The Morgan fingerprint density at radius 3 is 2.59 bits per heavy atom. The Morgan fingerprint density at radius 2 is 1.91 bits per heavy atom. The molecule has 2 atom stereocenters. The number of fused-ring (bicyclic) bond motifs is 1. The van der Waals surface area contributed by atoms with Gasteiger partial charge in [-0.2, -0.15) is 13.2 Å². The quantitative estimate of drug-likeness (QED) is 0.682. The molecule has 170 valence electrons. The topological polar surface area (TPSA) is 110 Å². The van der Waals surface area contributed by atoms with Crippen molar-refractivity contribution in [3.8, 4) is 0 Å². The van der Waals surface area contributed by atoms with Crippen LogP contribution in [0, 0.1) is 5.92 Å². The summed E-state index contributed by atoms with van der Waals surface area (Å²) in [6.45, 7) is 2.76. The molecule has 0 bridgehead atoms. The normalized spacial score (nSPS) is 20.7. The minimum Gasteiger partial charge on any atom is -0.383 e. The van der Waals surface area contributed by atoms with Gasteiger partial charge in [-0.3, -0.25) is 14.6 Å². The summed E-state index contributed by atoms with van der Waals surface area (Å²) in [6, 6.07) is 1.60. The van der Waals surface area contributed by atoms with Crippen LogP contribution in [0.15, 0.2) is 24.5 Å². The molecule has 0 saturated carbocycles. The van der Waals surface area contributed by atoms with Crippen molar-refractivity contribution in [2.75, 3.05) is 17.6 Å². The number of likely N-dealkylation sites (tertiary alicyclic amines) is 1. The Hall–Kier alpha value is -3.21. The summed E-state index contributed by atoms with van der Waals surface area (Å²) < 4.78 is 44.0. The van der Waals surface area contributed by atoms with Crippen LogP contribution in [-0.2, 0) is 33.7 Å². The Morgan fingerprint density at radius 1 is 1.16 bits per heavy atom. The van der Waals surface area contributed by atoms with Crippen molar-refractivity contribution in [3.05, 3.63) is 46.9 Å². The van der Waals surface area contributed by atoms with Crippen LogP contribution in [0.4, 0.5) is 24.7 Å². The molecule has 4 rings (SSSR count). The molecule has 2 aliphatic heterocycles. The fraction of sp³-hybridized carbons (Fsp3) is 0.429. The van der Waals surface area contributed by atoms with Crippen LogP contribution in [0.1, 0.15) is 48.2 Å². The molecule has 11 heteroatoms. The SMILES string of the molecule is CC1CCC(c2ccc(C(F)(F)F)cn2)N(C(=O)C(=O)Nc2cnc(N)c3c2COC3)C1. The number of halogens is 3. The summed E-state index contributed by atoms with van der Waals surface area (Å²) >= 11 is 0. The number of carbonyl (C=O) groups excluding carboxylic acids is 2. The number of hydrogen-bond donors (Lipinski definition) is 2. The number of pyridine rings is 2. The van der Waals surface area contributed by atoms with Gasteiger partial charge in [-0.05, 0) is 30.9 Å². The van der Waals surface area contributed by atoms with E-state index in [1.165, 1.54) is 17.2 Å². The number of nitrogens with two attached hydrogens (primary N) is 1. The van der Waals surface area contributed by atoms with Crippen LogP contribution >= 0.6 is 0 Å². The van der Waals surface area contributed by atoms with Gasteiger partial charge in [0, 0.05) is 23.9 Å². The predicted molar refractivity (Wildman–Crippen MR) is 108 cm³/mol. The monoisotopic (exact) mass is 449 g/mol. The lowest BCUT2D eigenvalue weighted by atomic mass is 9.91. The predicted octanol–water partition coefficient (Wildman–Crippen LogP) is 3.05. The summed E-state index contributed by atoms with van der Waals surface area (Å²) in [6.07, 6.45) is -1.13. The van der Waals surface area contributed by atoms with Gasteiger partial charge in [0.1, 0.15) is 5.82 Å². The Bertz CT molecular complexity index is 1040. The zero-order chi connectivity index (χ0) is 23.0. The highest BCUT2D eigenvalue weighted by Crippen LogP contribution is 2.35. The van der Waals surface area contributed by atoms with E-state index < -0.39 is 29.6 Å². The lowest BCUT2D eigenvalue weighted by Crippen LogP contribution is -2.46. The van der Waals surface area contributed by atoms with E-state index in [4.69, 9.17) is 10.5 Å². The third-order valence-electron chi connectivity index (χ3n) is 5.80. The highest BCUT2D eigenvalue weighted by molar-refractivity contribution is 6.39. The van der Waals surface area contributed by atoms with E-state index in [2.05, 4.69) is 15.3 Å². The second-order valence-electron chi connectivity index (χ2n) is 8.09. The van der Waals surface area contributed by atoms with Gasteiger partial charge in [0.2, 0.25) is 0 Å². The third kappa shape index (κ3) is 4.24. The number of piperidine rings is 1. The van der Waals surface area contributed by atoms with E-state index in [-0.39, 0.29) is 19.1 Å². The maximum atomic E-state index is 13.1. The van der Waals surface area contributed by atoms with Crippen LogP contribution in [-0.4, -0.2) is 33.2 Å². The lowest BCUT2D eigenvalue weighted by molar-refractivity contribution is -0.146. The Labute approximate surface area is 182 Å². The zero-order valence-electron chi connectivity index (χ0n) is 17.3. The number of aromatic nitrogens is 2. The summed E-state index contributed by atoms with van der Waals surface area (Å²) in [7, 11) is 0. The number of rotatable bonds is 2. The summed E-state index contributed by atoms with van der Waals surface area (Å²) in [5.74, 6) is -1.21. The molecule has 1 fully saturated rings. The van der Waals surface area contributed by atoms with Gasteiger partial charge in [0.05, 0.1) is 42.4 Å².